The van der Waals surface area contributed by atoms with Crippen molar-refractivity contribution in [2.75, 3.05) is 7.11 Å². The highest BCUT2D eigenvalue weighted by atomic mass is 19.1. The molecular weight excluding hydrogens is 241 g/mol. The van der Waals surface area contributed by atoms with Gasteiger partial charge in [-0.05, 0) is 25.1 Å². The Morgan fingerprint density at radius 2 is 2.11 bits per heavy atom. The molecule has 7 heteroatoms. The van der Waals surface area contributed by atoms with Crippen LogP contribution in [0, 0.1) is 5.82 Å². The molecule has 0 saturated carbocycles. The molecule has 3 N–H and O–H groups in total. The summed E-state index contributed by atoms with van der Waals surface area (Å²) in [6.45, 7) is 1.54. The van der Waals surface area contributed by atoms with Crippen molar-refractivity contribution in [1.82, 2.24) is 5.43 Å². The Hall–Kier alpha value is -2.44. The number of amides is 2. The standard InChI is InChI=1S/C11H12FN3O3/c1-6(14-15-11(17)10(13)16)7-3-4-9(18-2)8(12)5-7/h3-5H,1-2H3,(H2,13,16)(H,15,17)/b14-6-. The maximum Gasteiger partial charge on any atom is 0.329 e. The van der Waals surface area contributed by atoms with E-state index in [4.69, 9.17) is 10.5 Å². The number of nitrogens with zero attached hydrogens (tertiary/aromatic N) is 1. The van der Waals surface area contributed by atoms with E-state index in [-0.39, 0.29) is 5.75 Å². The fourth-order valence-electron chi connectivity index (χ4n) is 1.15. The van der Waals surface area contributed by atoms with E-state index in [1.54, 1.807) is 13.0 Å². The molecule has 0 radical (unpaired) electrons. The van der Waals surface area contributed by atoms with E-state index in [1.807, 2.05) is 5.43 Å². The van der Waals surface area contributed by atoms with Gasteiger partial charge in [-0.2, -0.15) is 5.10 Å². The van der Waals surface area contributed by atoms with E-state index in [0.29, 0.717) is 11.3 Å². The van der Waals surface area contributed by atoms with E-state index < -0.39 is 17.6 Å². The Balaban J connectivity index is 2.87. The van der Waals surface area contributed by atoms with Crippen LogP contribution < -0.4 is 15.9 Å². The molecule has 1 aromatic rings. The molecule has 0 aromatic heterocycles. The van der Waals surface area contributed by atoms with Crippen molar-refractivity contribution >= 4 is 17.5 Å². The molecule has 6 nitrogen and oxygen atoms in total. The lowest BCUT2D eigenvalue weighted by atomic mass is 10.1. The number of rotatable bonds is 3. The van der Waals surface area contributed by atoms with Crippen molar-refractivity contribution in [3.8, 4) is 5.75 Å². The summed E-state index contributed by atoms with van der Waals surface area (Å²) in [6, 6.07) is 4.20. The predicted molar refractivity (Wildman–Crippen MR) is 62.5 cm³/mol. The fraction of sp³-hybridized carbons (Fsp3) is 0.182. The third kappa shape index (κ3) is 3.27. The average Bonchev–Trinajstić information content (AvgIpc) is 2.35. The number of primary amides is 1. The number of nitrogens with one attached hydrogen (secondary N) is 1. The largest absolute Gasteiger partial charge is 0.494 e. The maximum absolute atomic E-state index is 13.4. The van der Waals surface area contributed by atoms with Crippen molar-refractivity contribution in [1.29, 1.82) is 0 Å². The van der Waals surface area contributed by atoms with Crippen LogP contribution in [-0.2, 0) is 9.59 Å². The molecular formula is C11H12FN3O3. The molecule has 0 atom stereocenters. The van der Waals surface area contributed by atoms with Gasteiger partial charge in [0.15, 0.2) is 11.6 Å². The van der Waals surface area contributed by atoms with Crippen LogP contribution in [0.15, 0.2) is 23.3 Å². The molecule has 96 valence electrons. The third-order valence-electron chi connectivity index (χ3n) is 2.12. The number of carbonyl (C=O) groups is 2. The molecule has 18 heavy (non-hydrogen) atoms. The summed E-state index contributed by atoms with van der Waals surface area (Å²) in [4.78, 5) is 21.3. The fourth-order valence-corrected chi connectivity index (χ4v) is 1.15. The van der Waals surface area contributed by atoms with Crippen LogP contribution in [0.4, 0.5) is 4.39 Å². The summed E-state index contributed by atoms with van der Waals surface area (Å²) in [6.07, 6.45) is 0. The molecule has 0 aliphatic heterocycles. The number of nitrogens with two attached hydrogens (primary N) is 1. The van der Waals surface area contributed by atoms with Gasteiger partial charge in [0.25, 0.3) is 0 Å². The van der Waals surface area contributed by atoms with Crippen LogP contribution in [0.2, 0.25) is 0 Å². The van der Waals surface area contributed by atoms with Gasteiger partial charge in [0.1, 0.15) is 0 Å². The summed E-state index contributed by atoms with van der Waals surface area (Å²) in [7, 11) is 1.35. The first-order valence-corrected chi connectivity index (χ1v) is 4.93. The second-order valence-corrected chi connectivity index (χ2v) is 3.35. The molecule has 0 fully saturated rings. The summed E-state index contributed by atoms with van der Waals surface area (Å²) in [5.74, 6) is -2.63. The summed E-state index contributed by atoms with van der Waals surface area (Å²) in [5, 5.41) is 3.62. The second-order valence-electron chi connectivity index (χ2n) is 3.35. The first kappa shape index (κ1) is 13.6. The number of carbonyl (C=O) groups excluding carboxylic acids is 2. The quantitative estimate of drug-likeness (QED) is 0.456. The van der Waals surface area contributed by atoms with Gasteiger partial charge in [0.2, 0.25) is 0 Å². The van der Waals surface area contributed by atoms with Gasteiger partial charge in [0.05, 0.1) is 12.8 Å². The van der Waals surface area contributed by atoms with Crippen molar-refractivity contribution < 1.29 is 18.7 Å². The minimum atomic E-state index is -1.15. The lowest BCUT2D eigenvalue weighted by Crippen LogP contribution is -2.33. The normalized spacial score (nSPS) is 10.9. The number of ether oxygens (including phenoxy) is 1. The zero-order chi connectivity index (χ0) is 13.7. The Kier molecular flexibility index (Phi) is 4.36. The van der Waals surface area contributed by atoms with Gasteiger partial charge >= 0.3 is 11.8 Å². The first-order chi connectivity index (χ1) is 8.45. The first-order valence-electron chi connectivity index (χ1n) is 4.93. The topological polar surface area (TPSA) is 93.8 Å². The Bertz CT molecular complexity index is 514. The molecule has 0 saturated heterocycles. The van der Waals surface area contributed by atoms with Gasteiger partial charge < -0.3 is 10.5 Å². The number of methoxy groups -OCH3 is 1. The lowest BCUT2D eigenvalue weighted by molar-refractivity contribution is -0.137. The highest BCUT2D eigenvalue weighted by molar-refractivity contribution is 6.34. The zero-order valence-corrected chi connectivity index (χ0v) is 9.86. The monoisotopic (exact) mass is 253 g/mol. The van der Waals surface area contributed by atoms with Crippen LogP contribution >= 0.6 is 0 Å². The minimum Gasteiger partial charge on any atom is -0.494 e. The van der Waals surface area contributed by atoms with E-state index in [2.05, 4.69) is 5.10 Å². The number of benzene rings is 1. The average molecular weight is 253 g/mol. The van der Waals surface area contributed by atoms with Crippen LogP contribution in [0.3, 0.4) is 0 Å². The van der Waals surface area contributed by atoms with Crippen LogP contribution in [0.1, 0.15) is 12.5 Å². The van der Waals surface area contributed by atoms with Gasteiger partial charge in [-0.3, -0.25) is 9.59 Å². The van der Waals surface area contributed by atoms with Gasteiger partial charge in [-0.25, -0.2) is 9.82 Å². The maximum atomic E-state index is 13.4. The van der Waals surface area contributed by atoms with E-state index in [1.165, 1.54) is 19.2 Å². The highest BCUT2D eigenvalue weighted by Crippen LogP contribution is 2.17. The zero-order valence-electron chi connectivity index (χ0n) is 9.86. The van der Waals surface area contributed by atoms with Crippen molar-refractivity contribution in [3.63, 3.8) is 0 Å². The molecule has 0 heterocycles. The summed E-state index contributed by atoms with van der Waals surface area (Å²) in [5.41, 5.74) is 7.44. The number of hydrogen-bond donors (Lipinski definition) is 2. The minimum absolute atomic E-state index is 0.104. The van der Waals surface area contributed by atoms with E-state index in [9.17, 15) is 14.0 Å². The Labute approximate surface area is 103 Å². The second kappa shape index (κ2) is 5.76. The molecule has 0 unspecified atom stereocenters. The van der Waals surface area contributed by atoms with Crippen molar-refractivity contribution in [2.45, 2.75) is 6.92 Å². The molecule has 0 spiro atoms. The molecule has 0 aliphatic carbocycles. The molecule has 2 amide bonds. The van der Waals surface area contributed by atoms with E-state index >= 15 is 0 Å². The third-order valence-corrected chi connectivity index (χ3v) is 2.12. The molecule has 1 aromatic carbocycles. The summed E-state index contributed by atoms with van der Waals surface area (Å²) >= 11 is 0. The SMILES string of the molecule is COc1ccc(/C(C)=N\NC(=O)C(N)=O)cc1F. The van der Waals surface area contributed by atoms with Gasteiger partial charge in [0, 0.05) is 5.56 Å². The van der Waals surface area contributed by atoms with Crippen LogP contribution in [0.5, 0.6) is 5.75 Å². The molecule has 0 aliphatic rings. The van der Waals surface area contributed by atoms with Gasteiger partial charge in [-0.15, -0.1) is 0 Å². The Morgan fingerprint density at radius 1 is 1.44 bits per heavy atom. The van der Waals surface area contributed by atoms with E-state index in [0.717, 1.165) is 0 Å². The number of halogens is 1. The van der Waals surface area contributed by atoms with Crippen molar-refractivity contribution in [2.24, 2.45) is 10.8 Å². The van der Waals surface area contributed by atoms with Crippen LogP contribution in [-0.4, -0.2) is 24.6 Å². The summed E-state index contributed by atoms with van der Waals surface area (Å²) < 4.78 is 18.2. The van der Waals surface area contributed by atoms with Gasteiger partial charge in [-0.1, -0.05) is 0 Å². The smallest absolute Gasteiger partial charge is 0.329 e. The Morgan fingerprint density at radius 3 is 2.61 bits per heavy atom. The predicted octanol–water partition coefficient (Wildman–Crippen LogP) is 0.160. The molecule has 1 rings (SSSR count). The van der Waals surface area contributed by atoms with Crippen LogP contribution in [0.25, 0.3) is 0 Å². The molecule has 0 bridgehead atoms. The highest BCUT2D eigenvalue weighted by Gasteiger charge is 2.08. The lowest BCUT2D eigenvalue weighted by Gasteiger charge is -2.05. The number of hydrogen-bond acceptors (Lipinski definition) is 4. The van der Waals surface area contributed by atoms with Crippen molar-refractivity contribution in [3.05, 3.63) is 29.6 Å². The number of hydrazone groups is 1.